The minimum Gasteiger partial charge on any atom is -0.495 e. The average molecular weight is 384 g/mol. The number of aromatic nitrogens is 2. The van der Waals surface area contributed by atoms with E-state index < -0.39 is 0 Å². The second kappa shape index (κ2) is 7.41. The van der Waals surface area contributed by atoms with Gasteiger partial charge in [0.1, 0.15) is 23.1 Å². The normalized spacial score (nSPS) is 10.6. The van der Waals surface area contributed by atoms with Crippen molar-refractivity contribution in [2.24, 2.45) is 0 Å². The smallest absolute Gasteiger partial charge is 0.141 e. The van der Waals surface area contributed by atoms with Gasteiger partial charge in [0.15, 0.2) is 0 Å². The topological polar surface area (TPSA) is 68.0 Å². The van der Waals surface area contributed by atoms with Gasteiger partial charge >= 0.3 is 0 Å². The number of hydrogen-bond acceptors (Lipinski definition) is 5. The highest BCUT2D eigenvalue weighted by Crippen LogP contribution is 2.47. The van der Waals surface area contributed by atoms with E-state index in [4.69, 9.17) is 40.5 Å². The lowest BCUT2D eigenvalue weighted by molar-refractivity contribution is 0.395. The molecule has 128 valence electrons. The second-order valence-corrected chi connectivity index (χ2v) is 6.08. The molecule has 3 rings (SSSR count). The Morgan fingerprint density at radius 3 is 2.31 bits per heavy atom. The van der Waals surface area contributed by atoms with E-state index in [2.05, 4.69) is 16.0 Å². The van der Waals surface area contributed by atoms with Crippen LogP contribution < -0.4 is 9.47 Å². The highest BCUT2D eigenvalue weighted by Gasteiger charge is 2.22. The van der Waals surface area contributed by atoms with Crippen LogP contribution in [-0.2, 0) is 6.32 Å². The summed E-state index contributed by atoms with van der Waals surface area (Å²) in [4.78, 5) is 8.87. The van der Waals surface area contributed by atoms with Crippen LogP contribution in [-0.4, -0.2) is 32.0 Å². The van der Waals surface area contributed by atoms with E-state index in [1.807, 2.05) is 0 Å². The molecule has 0 aliphatic heterocycles. The summed E-state index contributed by atoms with van der Waals surface area (Å²) >= 11 is 13.0. The predicted molar refractivity (Wildman–Crippen MR) is 102 cm³/mol. The molecule has 0 fully saturated rings. The predicted octanol–water partition coefficient (Wildman–Crippen LogP) is 4.16. The fourth-order valence-corrected chi connectivity index (χ4v) is 3.35. The summed E-state index contributed by atoms with van der Waals surface area (Å²) in [6, 6.07) is 7.09. The number of fused-ring (bicyclic) bond motifs is 1. The third-order valence-corrected chi connectivity index (χ3v) is 4.67. The van der Waals surface area contributed by atoms with Gasteiger partial charge in [-0.2, -0.15) is 5.26 Å². The molecule has 0 spiro atoms. The highest BCUT2D eigenvalue weighted by molar-refractivity contribution is 6.41. The Morgan fingerprint density at radius 2 is 1.77 bits per heavy atom. The summed E-state index contributed by atoms with van der Waals surface area (Å²) in [6.45, 7) is 0. The summed E-state index contributed by atoms with van der Waals surface area (Å²) in [5.74, 6) is 0.812. The lowest BCUT2D eigenvalue weighted by atomic mass is 9.98. The van der Waals surface area contributed by atoms with E-state index >= 15 is 0 Å². The Bertz CT molecular complexity index is 1020. The molecule has 0 atom stereocenters. The molecular weight excluding hydrogens is 372 g/mol. The molecular formula is C18H12BCl2N3O2. The minimum absolute atomic E-state index is 0.210. The number of rotatable bonds is 4. The van der Waals surface area contributed by atoms with E-state index in [1.165, 1.54) is 14.2 Å². The van der Waals surface area contributed by atoms with Gasteiger partial charge in [-0.25, -0.2) is 4.98 Å². The summed E-state index contributed by atoms with van der Waals surface area (Å²) in [5.41, 5.74) is 2.98. The van der Waals surface area contributed by atoms with E-state index in [1.54, 1.807) is 24.4 Å². The fourth-order valence-electron chi connectivity index (χ4n) is 2.65. The molecule has 5 nitrogen and oxygen atoms in total. The van der Waals surface area contributed by atoms with Crippen molar-refractivity contribution in [2.75, 3.05) is 14.2 Å². The van der Waals surface area contributed by atoms with Crippen LogP contribution in [0.4, 0.5) is 0 Å². The van der Waals surface area contributed by atoms with Crippen molar-refractivity contribution < 1.29 is 9.47 Å². The van der Waals surface area contributed by atoms with Crippen LogP contribution in [0.5, 0.6) is 11.5 Å². The number of ether oxygens (including phenoxy) is 2. The minimum atomic E-state index is 0.210. The van der Waals surface area contributed by atoms with Gasteiger partial charge in [0.25, 0.3) is 0 Å². The first kappa shape index (κ1) is 18.3. The maximum atomic E-state index is 9.36. The molecule has 0 N–H and O–H groups in total. The zero-order chi connectivity index (χ0) is 18.8. The number of benzene rings is 2. The number of hydrogen-bond donors (Lipinski definition) is 0. The van der Waals surface area contributed by atoms with Crippen molar-refractivity contribution in [2.45, 2.75) is 6.32 Å². The molecule has 8 heteroatoms. The molecule has 1 aromatic heterocycles. The van der Waals surface area contributed by atoms with E-state index in [-0.39, 0.29) is 6.32 Å². The van der Waals surface area contributed by atoms with Crippen LogP contribution in [0.25, 0.3) is 22.2 Å². The van der Waals surface area contributed by atoms with Gasteiger partial charge in [-0.15, -0.1) is 0 Å². The Balaban J connectivity index is 2.45. The van der Waals surface area contributed by atoms with E-state index in [0.717, 1.165) is 0 Å². The van der Waals surface area contributed by atoms with Crippen LogP contribution in [0.1, 0.15) is 11.3 Å². The molecule has 0 saturated carbocycles. The van der Waals surface area contributed by atoms with Gasteiger partial charge in [0, 0.05) is 23.4 Å². The van der Waals surface area contributed by atoms with E-state index in [9.17, 15) is 5.26 Å². The Kier molecular flexibility index (Phi) is 5.22. The maximum absolute atomic E-state index is 9.36. The van der Waals surface area contributed by atoms with Gasteiger partial charge in [0.2, 0.25) is 0 Å². The van der Waals surface area contributed by atoms with Crippen LogP contribution in [0.2, 0.25) is 10.0 Å². The first-order chi connectivity index (χ1) is 12.5. The van der Waals surface area contributed by atoms with Crippen molar-refractivity contribution in [3.05, 3.63) is 45.7 Å². The van der Waals surface area contributed by atoms with Crippen LogP contribution in [0.15, 0.2) is 24.4 Å². The first-order valence-electron chi connectivity index (χ1n) is 7.54. The molecule has 0 bridgehead atoms. The molecule has 1 heterocycles. The summed E-state index contributed by atoms with van der Waals surface area (Å²) in [5, 5.41) is 9.98. The Morgan fingerprint density at radius 1 is 1.12 bits per heavy atom. The van der Waals surface area contributed by atoms with Crippen molar-refractivity contribution >= 4 is 42.1 Å². The number of nitrogens with zero attached hydrogens (tertiary/aromatic N) is 3. The molecule has 0 amide bonds. The molecule has 0 aliphatic carbocycles. The molecule has 26 heavy (non-hydrogen) atoms. The van der Waals surface area contributed by atoms with Gasteiger partial charge in [-0.05, 0) is 12.4 Å². The van der Waals surface area contributed by atoms with Gasteiger partial charge in [0.05, 0.1) is 48.9 Å². The van der Waals surface area contributed by atoms with Gasteiger partial charge in [-0.1, -0.05) is 29.3 Å². The van der Waals surface area contributed by atoms with Gasteiger partial charge < -0.3 is 9.47 Å². The SMILES string of the molecule is [B]Cc1cnc2c(C#N)ccc(-c3c(Cl)c(OC)cc(OC)c3Cl)c2n1. The number of nitriles is 1. The number of halogens is 2. The molecule has 0 unspecified atom stereocenters. The Labute approximate surface area is 161 Å². The van der Waals surface area contributed by atoms with Crippen LogP contribution in [0, 0.1) is 11.3 Å². The quantitative estimate of drug-likeness (QED) is 0.632. The lowest BCUT2D eigenvalue weighted by Crippen LogP contribution is -1.99. The summed E-state index contributed by atoms with van der Waals surface area (Å²) in [6.07, 6.45) is 1.75. The van der Waals surface area contributed by atoms with Crippen molar-refractivity contribution in [1.82, 2.24) is 9.97 Å². The first-order valence-corrected chi connectivity index (χ1v) is 8.30. The summed E-state index contributed by atoms with van der Waals surface area (Å²) in [7, 11) is 8.69. The standard InChI is InChI=1S/C18H12BCl2N3O2/c1-25-12-5-13(26-2)16(21)14(15(12)20)11-4-3-9(7-22)17-18(11)24-10(6-19)8-23-17/h3-5,8H,6H2,1-2H3. The van der Waals surface area contributed by atoms with E-state index in [0.29, 0.717) is 55.0 Å². The maximum Gasteiger partial charge on any atom is 0.141 e. The van der Waals surface area contributed by atoms with Gasteiger partial charge in [-0.3, -0.25) is 4.98 Å². The largest absolute Gasteiger partial charge is 0.495 e. The molecule has 2 aromatic carbocycles. The van der Waals surface area contributed by atoms with Crippen molar-refractivity contribution in [1.29, 1.82) is 5.26 Å². The molecule has 0 saturated heterocycles. The van der Waals surface area contributed by atoms with Crippen molar-refractivity contribution in [3.63, 3.8) is 0 Å². The lowest BCUT2D eigenvalue weighted by Gasteiger charge is -2.16. The molecule has 0 aliphatic rings. The zero-order valence-corrected chi connectivity index (χ0v) is 15.5. The third kappa shape index (κ3) is 2.94. The molecule has 2 radical (unpaired) electrons. The average Bonchev–Trinajstić information content (AvgIpc) is 2.67. The van der Waals surface area contributed by atoms with Crippen molar-refractivity contribution in [3.8, 4) is 28.7 Å². The van der Waals surface area contributed by atoms with Crippen LogP contribution >= 0.6 is 23.2 Å². The monoisotopic (exact) mass is 383 g/mol. The Hall–Kier alpha value is -2.49. The fraction of sp³-hybridized carbons (Fsp3) is 0.167. The number of methoxy groups -OCH3 is 2. The second-order valence-electron chi connectivity index (χ2n) is 5.32. The highest BCUT2D eigenvalue weighted by atomic mass is 35.5. The summed E-state index contributed by atoms with van der Waals surface area (Å²) < 4.78 is 10.7. The van der Waals surface area contributed by atoms with Crippen LogP contribution in [0.3, 0.4) is 0 Å². The molecule has 3 aromatic rings. The third-order valence-electron chi connectivity index (χ3n) is 3.92. The zero-order valence-electron chi connectivity index (χ0n) is 14.0.